The minimum absolute atomic E-state index is 0.0401. The zero-order valence-electron chi connectivity index (χ0n) is 13.4. The van der Waals surface area contributed by atoms with Gasteiger partial charge in [0.1, 0.15) is 5.76 Å². The number of aryl methyl sites for hydroxylation is 1. The minimum Gasteiger partial charge on any atom is -0.448 e. The van der Waals surface area contributed by atoms with E-state index in [1.165, 1.54) is 29.5 Å². The van der Waals surface area contributed by atoms with E-state index in [1.54, 1.807) is 18.3 Å². The van der Waals surface area contributed by atoms with Crippen molar-refractivity contribution < 1.29 is 9.34 Å². The molecule has 7 heteroatoms. The molecule has 0 unspecified atom stereocenters. The summed E-state index contributed by atoms with van der Waals surface area (Å²) in [6, 6.07) is 18.0. The Morgan fingerprint density at radius 1 is 1.08 bits per heavy atom. The number of benzene rings is 2. The molecule has 1 N–H and O–H groups in total. The highest BCUT2D eigenvalue weighted by molar-refractivity contribution is 7.99. The Kier molecular flexibility index (Phi) is 5.15. The van der Waals surface area contributed by atoms with E-state index in [9.17, 15) is 10.1 Å². The summed E-state index contributed by atoms with van der Waals surface area (Å²) < 4.78 is 5.69. The summed E-state index contributed by atoms with van der Waals surface area (Å²) in [5, 5.41) is 15.5. The molecule has 3 rings (SSSR count). The molecule has 0 radical (unpaired) electrons. The van der Waals surface area contributed by atoms with Crippen LogP contribution in [0, 0.1) is 17.0 Å². The Morgan fingerprint density at radius 3 is 2.48 bits per heavy atom. The average Bonchev–Trinajstić information content (AvgIpc) is 3.05. The lowest BCUT2D eigenvalue weighted by Gasteiger charge is -1.99. The second-order valence-electron chi connectivity index (χ2n) is 5.25. The predicted molar refractivity (Wildman–Crippen MR) is 98.3 cm³/mol. The van der Waals surface area contributed by atoms with Gasteiger partial charge in [0, 0.05) is 17.0 Å². The van der Waals surface area contributed by atoms with Gasteiger partial charge in [-0.1, -0.05) is 29.5 Å². The first-order chi connectivity index (χ1) is 12.1. The number of rotatable bonds is 6. The summed E-state index contributed by atoms with van der Waals surface area (Å²) in [5.41, 5.74) is 4.72. The number of nitro benzene ring substituents is 1. The van der Waals surface area contributed by atoms with Gasteiger partial charge < -0.3 is 4.42 Å². The Hall–Kier alpha value is -3.06. The first kappa shape index (κ1) is 16.8. The van der Waals surface area contributed by atoms with Crippen LogP contribution in [0.5, 0.6) is 0 Å². The number of nitro groups is 1. The molecule has 0 fully saturated rings. The SMILES string of the molecule is Cc1ccc(Sc2ccc(C=NNc3ccc([N+](=O)[O-])cc3)o2)cc1. The minimum atomic E-state index is -0.441. The van der Waals surface area contributed by atoms with Crippen molar-refractivity contribution in [2.24, 2.45) is 5.10 Å². The standard InChI is InChI=1S/C18H15N3O3S/c1-13-2-9-17(10-3-13)25-18-11-8-16(24-18)12-19-20-14-4-6-15(7-5-14)21(22)23/h2-12,20H,1H3. The smallest absolute Gasteiger partial charge is 0.269 e. The highest BCUT2D eigenvalue weighted by atomic mass is 32.2. The number of non-ortho nitro benzene ring substituents is 1. The largest absolute Gasteiger partial charge is 0.448 e. The van der Waals surface area contributed by atoms with Gasteiger partial charge in [0.2, 0.25) is 0 Å². The van der Waals surface area contributed by atoms with Crippen LogP contribution in [-0.2, 0) is 0 Å². The van der Waals surface area contributed by atoms with E-state index >= 15 is 0 Å². The molecular weight excluding hydrogens is 338 g/mol. The van der Waals surface area contributed by atoms with Crippen LogP contribution in [0.3, 0.4) is 0 Å². The highest BCUT2D eigenvalue weighted by Gasteiger charge is 2.04. The topological polar surface area (TPSA) is 80.7 Å². The summed E-state index contributed by atoms with van der Waals surface area (Å²) in [7, 11) is 0. The second kappa shape index (κ2) is 7.67. The van der Waals surface area contributed by atoms with Crippen molar-refractivity contribution in [2.45, 2.75) is 16.9 Å². The van der Waals surface area contributed by atoms with Gasteiger partial charge in [-0.2, -0.15) is 5.10 Å². The Bertz CT molecular complexity index is 887. The maximum Gasteiger partial charge on any atom is 0.269 e. The van der Waals surface area contributed by atoms with Crippen molar-refractivity contribution in [3.05, 3.63) is 82.1 Å². The van der Waals surface area contributed by atoms with Crippen molar-refractivity contribution in [3.8, 4) is 0 Å². The van der Waals surface area contributed by atoms with Crippen LogP contribution in [-0.4, -0.2) is 11.1 Å². The molecule has 25 heavy (non-hydrogen) atoms. The molecule has 0 aliphatic heterocycles. The van der Waals surface area contributed by atoms with E-state index in [1.807, 2.05) is 31.2 Å². The van der Waals surface area contributed by atoms with E-state index in [-0.39, 0.29) is 5.69 Å². The Balaban J connectivity index is 1.58. The number of furan rings is 1. The van der Waals surface area contributed by atoms with Crippen LogP contribution in [0.4, 0.5) is 11.4 Å². The average molecular weight is 353 g/mol. The fraction of sp³-hybridized carbons (Fsp3) is 0.0556. The first-order valence-corrected chi connectivity index (χ1v) is 8.30. The molecule has 1 aromatic heterocycles. The van der Waals surface area contributed by atoms with Crippen molar-refractivity contribution in [3.63, 3.8) is 0 Å². The van der Waals surface area contributed by atoms with Gasteiger partial charge >= 0.3 is 0 Å². The Morgan fingerprint density at radius 2 is 1.80 bits per heavy atom. The molecule has 0 amide bonds. The van der Waals surface area contributed by atoms with Crippen LogP contribution < -0.4 is 5.43 Å². The third-order valence-corrected chi connectivity index (χ3v) is 4.23. The van der Waals surface area contributed by atoms with Crippen LogP contribution in [0.1, 0.15) is 11.3 Å². The number of nitrogens with zero attached hydrogens (tertiary/aromatic N) is 2. The van der Waals surface area contributed by atoms with Gasteiger partial charge in [-0.15, -0.1) is 0 Å². The number of hydrazone groups is 1. The predicted octanol–water partition coefficient (Wildman–Crippen LogP) is 5.09. The third-order valence-electron chi connectivity index (χ3n) is 3.31. The number of hydrogen-bond donors (Lipinski definition) is 1. The van der Waals surface area contributed by atoms with E-state index in [4.69, 9.17) is 4.42 Å². The number of anilines is 1. The molecular formula is C18H15N3O3S. The van der Waals surface area contributed by atoms with E-state index in [2.05, 4.69) is 22.7 Å². The van der Waals surface area contributed by atoms with Gasteiger partial charge in [-0.05, 0) is 43.3 Å². The lowest BCUT2D eigenvalue weighted by atomic mass is 10.2. The molecule has 0 aliphatic carbocycles. The van der Waals surface area contributed by atoms with Crippen LogP contribution in [0.15, 0.2) is 80.2 Å². The summed E-state index contributed by atoms with van der Waals surface area (Å²) in [4.78, 5) is 11.3. The molecule has 0 aliphatic rings. The van der Waals surface area contributed by atoms with Gasteiger partial charge in [-0.3, -0.25) is 15.5 Å². The molecule has 1 heterocycles. The molecule has 126 valence electrons. The molecule has 0 atom stereocenters. The quantitative estimate of drug-likeness (QED) is 0.379. The monoisotopic (exact) mass is 353 g/mol. The molecule has 2 aromatic carbocycles. The number of hydrogen-bond acceptors (Lipinski definition) is 6. The highest BCUT2D eigenvalue weighted by Crippen LogP contribution is 2.29. The molecule has 0 saturated carbocycles. The lowest BCUT2D eigenvalue weighted by molar-refractivity contribution is -0.384. The Labute approximate surface area is 148 Å². The third kappa shape index (κ3) is 4.71. The van der Waals surface area contributed by atoms with E-state index < -0.39 is 4.92 Å². The van der Waals surface area contributed by atoms with Crippen LogP contribution in [0.2, 0.25) is 0 Å². The zero-order chi connectivity index (χ0) is 17.6. The van der Waals surface area contributed by atoms with Crippen molar-refractivity contribution in [2.75, 3.05) is 5.43 Å². The zero-order valence-corrected chi connectivity index (χ0v) is 14.2. The maximum atomic E-state index is 10.6. The van der Waals surface area contributed by atoms with Gasteiger partial charge in [0.15, 0.2) is 5.09 Å². The molecule has 0 spiro atoms. The van der Waals surface area contributed by atoms with Gasteiger partial charge in [0.05, 0.1) is 16.8 Å². The fourth-order valence-corrected chi connectivity index (χ4v) is 2.79. The summed E-state index contributed by atoms with van der Waals surface area (Å²) >= 11 is 1.54. The summed E-state index contributed by atoms with van der Waals surface area (Å²) in [6.07, 6.45) is 1.56. The van der Waals surface area contributed by atoms with Gasteiger partial charge in [-0.25, -0.2) is 0 Å². The first-order valence-electron chi connectivity index (χ1n) is 7.48. The number of nitrogens with one attached hydrogen (secondary N) is 1. The van der Waals surface area contributed by atoms with Crippen molar-refractivity contribution in [1.29, 1.82) is 0 Å². The van der Waals surface area contributed by atoms with Crippen LogP contribution in [0.25, 0.3) is 0 Å². The fourth-order valence-electron chi connectivity index (χ4n) is 2.01. The second-order valence-corrected chi connectivity index (χ2v) is 6.32. The summed E-state index contributed by atoms with van der Waals surface area (Å²) in [6.45, 7) is 2.05. The molecule has 0 bridgehead atoms. The van der Waals surface area contributed by atoms with Crippen LogP contribution >= 0.6 is 11.8 Å². The molecule has 0 saturated heterocycles. The molecule has 6 nitrogen and oxygen atoms in total. The van der Waals surface area contributed by atoms with E-state index in [0.717, 1.165) is 9.99 Å². The van der Waals surface area contributed by atoms with Crippen molar-refractivity contribution >= 4 is 29.4 Å². The van der Waals surface area contributed by atoms with Crippen molar-refractivity contribution in [1.82, 2.24) is 0 Å². The van der Waals surface area contributed by atoms with Gasteiger partial charge in [0.25, 0.3) is 5.69 Å². The molecule has 3 aromatic rings. The maximum absolute atomic E-state index is 10.6. The summed E-state index contributed by atoms with van der Waals surface area (Å²) in [5.74, 6) is 0.615. The lowest BCUT2D eigenvalue weighted by Crippen LogP contribution is -1.91. The van der Waals surface area contributed by atoms with E-state index in [0.29, 0.717) is 11.4 Å². The normalized spacial score (nSPS) is 10.9.